The Kier molecular flexibility index (Phi) is 3.29. The van der Waals surface area contributed by atoms with Crippen LogP contribution in [0.2, 0.25) is 5.02 Å². The molecular weight excluding hydrogens is 310 g/mol. The molecule has 3 aromatic rings. The number of ether oxygens (including phenoxy) is 1. The third kappa shape index (κ3) is 2.39. The third-order valence-electron chi connectivity index (χ3n) is 3.45. The number of H-pyrrole nitrogens is 1. The Labute approximate surface area is 130 Å². The highest BCUT2D eigenvalue weighted by atomic mass is 35.5. The largest absolute Gasteiger partial charge is 0.376 e. The number of nitrogens with zero attached hydrogens (tertiary/aromatic N) is 1. The predicted molar refractivity (Wildman–Crippen MR) is 82.7 cm³/mol. The van der Waals surface area contributed by atoms with Gasteiger partial charge in [-0.25, -0.2) is 0 Å². The van der Waals surface area contributed by atoms with Gasteiger partial charge in [0.15, 0.2) is 5.82 Å². The standard InChI is InChI=1S/C14H12ClN3O2S/c15-8-1-2-9-11(5-8)16-6-13(9)21-18-14-10-7-19-4-3-12(10)20-17-14/h1-2,5-6,16H,3-4,7H2,(H,17,18). The molecule has 0 spiro atoms. The van der Waals surface area contributed by atoms with E-state index in [1.807, 2.05) is 24.4 Å². The molecular formula is C14H12ClN3O2S. The van der Waals surface area contributed by atoms with Crippen molar-refractivity contribution < 1.29 is 9.26 Å². The second kappa shape index (κ2) is 5.29. The molecule has 0 amide bonds. The summed E-state index contributed by atoms with van der Waals surface area (Å²) in [6.45, 7) is 1.24. The van der Waals surface area contributed by atoms with E-state index in [-0.39, 0.29) is 0 Å². The number of hydrogen-bond acceptors (Lipinski definition) is 5. The second-order valence-corrected chi connectivity index (χ2v) is 6.07. The van der Waals surface area contributed by atoms with E-state index in [0.717, 1.165) is 44.4 Å². The van der Waals surface area contributed by atoms with Gasteiger partial charge in [0, 0.05) is 28.5 Å². The molecule has 5 nitrogen and oxygen atoms in total. The van der Waals surface area contributed by atoms with Crippen LogP contribution >= 0.6 is 23.5 Å². The summed E-state index contributed by atoms with van der Waals surface area (Å²) in [5, 5.41) is 5.91. The summed E-state index contributed by atoms with van der Waals surface area (Å²) in [7, 11) is 0. The molecule has 1 aliphatic rings. The minimum absolute atomic E-state index is 0.547. The number of anilines is 1. The van der Waals surface area contributed by atoms with E-state index in [0.29, 0.717) is 13.2 Å². The van der Waals surface area contributed by atoms with Gasteiger partial charge in [0.05, 0.1) is 23.7 Å². The summed E-state index contributed by atoms with van der Waals surface area (Å²) >= 11 is 7.48. The first kappa shape index (κ1) is 13.1. The average Bonchev–Trinajstić information content (AvgIpc) is 3.08. The van der Waals surface area contributed by atoms with Crippen LogP contribution in [0.1, 0.15) is 11.3 Å². The summed E-state index contributed by atoms with van der Waals surface area (Å²) in [6.07, 6.45) is 2.72. The van der Waals surface area contributed by atoms with Crippen LogP contribution < -0.4 is 4.72 Å². The van der Waals surface area contributed by atoms with Gasteiger partial charge in [0.2, 0.25) is 0 Å². The number of fused-ring (bicyclic) bond motifs is 2. The van der Waals surface area contributed by atoms with E-state index in [2.05, 4.69) is 14.9 Å². The molecule has 21 heavy (non-hydrogen) atoms. The van der Waals surface area contributed by atoms with Gasteiger partial charge in [-0.2, -0.15) is 0 Å². The quantitative estimate of drug-likeness (QED) is 0.714. The maximum Gasteiger partial charge on any atom is 0.185 e. The van der Waals surface area contributed by atoms with Crippen LogP contribution in [0.3, 0.4) is 0 Å². The summed E-state index contributed by atoms with van der Waals surface area (Å²) in [6, 6.07) is 5.79. The molecule has 3 heterocycles. The molecule has 7 heteroatoms. The molecule has 0 bridgehead atoms. The van der Waals surface area contributed by atoms with Crippen molar-refractivity contribution in [1.82, 2.24) is 10.1 Å². The number of aromatic amines is 1. The number of hydrogen-bond donors (Lipinski definition) is 2. The van der Waals surface area contributed by atoms with Crippen LogP contribution in [-0.4, -0.2) is 16.7 Å². The summed E-state index contributed by atoms with van der Waals surface area (Å²) in [5.41, 5.74) is 2.02. The normalized spacial score (nSPS) is 14.3. The van der Waals surface area contributed by atoms with Gasteiger partial charge < -0.3 is 19.0 Å². The predicted octanol–water partition coefficient (Wildman–Crippen LogP) is 4.00. The Morgan fingerprint density at radius 3 is 3.29 bits per heavy atom. The first-order valence-electron chi connectivity index (χ1n) is 6.56. The van der Waals surface area contributed by atoms with Gasteiger partial charge in [0.1, 0.15) is 5.76 Å². The maximum absolute atomic E-state index is 5.99. The van der Waals surface area contributed by atoms with Gasteiger partial charge in [-0.3, -0.25) is 0 Å². The van der Waals surface area contributed by atoms with E-state index >= 15 is 0 Å². The summed E-state index contributed by atoms with van der Waals surface area (Å²) in [4.78, 5) is 4.29. The Balaban J connectivity index is 1.57. The molecule has 1 aliphatic heterocycles. The van der Waals surface area contributed by atoms with Crippen LogP contribution in [0.25, 0.3) is 10.9 Å². The van der Waals surface area contributed by atoms with E-state index in [1.54, 1.807) is 0 Å². The first-order valence-corrected chi connectivity index (χ1v) is 7.75. The van der Waals surface area contributed by atoms with Crippen molar-refractivity contribution in [1.29, 1.82) is 0 Å². The molecule has 0 aliphatic carbocycles. The van der Waals surface area contributed by atoms with E-state index in [9.17, 15) is 0 Å². The van der Waals surface area contributed by atoms with Gasteiger partial charge in [-0.1, -0.05) is 22.8 Å². The average molecular weight is 322 g/mol. The number of benzene rings is 1. The van der Waals surface area contributed by atoms with Gasteiger partial charge in [-0.15, -0.1) is 0 Å². The fraction of sp³-hybridized carbons (Fsp3) is 0.214. The van der Waals surface area contributed by atoms with E-state index in [1.165, 1.54) is 11.9 Å². The van der Waals surface area contributed by atoms with Crippen LogP contribution in [0, 0.1) is 0 Å². The Hall–Kier alpha value is -1.63. The number of rotatable bonds is 3. The molecule has 0 saturated carbocycles. The van der Waals surface area contributed by atoms with Crippen molar-refractivity contribution in [2.24, 2.45) is 0 Å². The summed E-state index contributed by atoms with van der Waals surface area (Å²) < 4.78 is 14.0. The zero-order valence-corrected chi connectivity index (χ0v) is 12.6. The lowest BCUT2D eigenvalue weighted by Gasteiger charge is -2.10. The van der Waals surface area contributed by atoms with Crippen molar-refractivity contribution in [3.8, 4) is 0 Å². The molecule has 0 saturated heterocycles. The lowest BCUT2D eigenvalue weighted by atomic mass is 10.2. The molecule has 0 radical (unpaired) electrons. The first-order chi connectivity index (χ1) is 10.3. The fourth-order valence-corrected chi connectivity index (χ4v) is 3.31. The number of halogens is 1. The molecule has 0 atom stereocenters. The lowest BCUT2D eigenvalue weighted by Crippen LogP contribution is -2.08. The van der Waals surface area contributed by atoms with Crippen molar-refractivity contribution in [2.45, 2.75) is 17.9 Å². The second-order valence-electron chi connectivity index (χ2n) is 4.78. The summed E-state index contributed by atoms with van der Waals surface area (Å²) in [5.74, 6) is 1.65. The van der Waals surface area contributed by atoms with E-state index < -0.39 is 0 Å². The van der Waals surface area contributed by atoms with Crippen LogP contribution in [0.4, 0.5) is 5.82 Å². The smallest absolute Gasteiger partial charge is 0.185 e. The van der Waals surface area contributed by atoms with Crippen molar-refractivity contribution in [2.75, 3.05) is 11.3 Å². The Morgan fingerprint density at radius 1 is 1.38 bits per heavy atom. The number of aromatic nitrogens is 2. The SMILES string of the molecule is Clc1ccc2c(SNc3noc4c3COCC4)c[nH]c2c1. The third-order valence-corrected chi connectivity index (χ3v) is 4.54. The molecule has 108 valence electrons. The lowest BCUT2D eigenvalue weighted by molar-refractivity contribution is 0.103. The Morgan fingerprint density at radius 2 is 2.33 bits per heavy atom. The van der Waals surface area contributed by atoms with Crippen molar-refractivity contribution >= 4 is 40.3 Å². The fourth-order valence-electron chi connectivity index (χ4n) is 2.37. The van der Waals surface area contributed by atoms with Crippen LogP contribution in [-0.2, 0) is 17.8 Å². The zero-order valence-electron chi connectivity index (χ0n) is 11.0. The zero-order chi connectivity index (χ0) is 14.2. The van der Waals surface area contributed by atoms with Gasteiger partial charge >= 0.3 is 0 Å². The topological polar surface area (TPSA) is 63.1 Å². The molecule has 0 fully saturated rings. The molecule has 2 N–H and O–H groups in total. The molecule has 0 unspecified atom stereocenters. The van der Waals surface area contributed by atoms with Crippen molar-refractivity contribution in [3.05, 3.63) is 40.7 Å². The minimum Gasteiger partial charge on any atom is -0.376 e. The molecule has 2 aromatic heterocycles. The molecule has 4 rings (SSSR count). The van der Waals surface area contributed by atoms with Gasteiger partial charge in [0.25, 0.3) is 0 Å². The highest BCUT2D eigenvalue weighted by Gasteiger charge is 2.20. The van der Waals surface area contributed by atoms with E-state index in [4.69, 9.17) is 20.9 Å². The number of nitrogens with one attached hydrogen (secondary N) is 2. The minimum atomic E-state index is 0.547. The Bertz CT molecular complexity index is 799. The van der Waals surface area contributed by atoms with Gasteiger partial charge in [-0.05, 0) is 24.1 Å². The van der Waals surface area contributed by atoms with Crippen LogP contribution in [0.15, 0.2) is 33.8 Å². The monoisotopic (exact) mass is 321 g/mol. The highest BCUT2D eigenvalue weighted by molar-refractivity contribution is 8.00. The molecule has 1 aromatic carbocycles. The van der Waals surface area contributed by atoms with Crippen LogP contribution in [0.5, 0.6) is 0 Å². The van der Waals surface area contributed by atoms with Crippen molar-refractivity contribution in [3.63, 3.8) is 0 Å². The maximum atomic E-state index is 5.99. The highest BCUT2D eigenvalue weighted by Crippen LogP contribution is 2.32.